The second-order valence-corrected chi connectivity index (χ2v) is 4.48. The highest BCUT2D eigenvalue weighted by Crippen LogP contribution is 2.20. The van der Waals surface area contributed by atoms with E-state index in [0.29, 0.717) is 17.0 Å². The van der Waals surface area contributed by atoms with Gasteiger partial charge in [-0.15, -0.1) is 0 Å². The summed E-state index contributed by atoms with van der Waals surface area (Å²) in [6, 6.07) is 5.26. The van der Waals surface area contributed by atoms with Gasteiger partial charge in [0.05, 0.1) is 0 Å². The zero-order chi connectivity index (χ0) is 11.3. The van der Waals surface area contributed by atoms with E-state index >= 15 is 0 Å². The largest absolute Gasteiger partial charge is 0.507 e. The van der Waals surface area contributed by atoms with Crippen LogP contribution in [0.3, 0.4) is 0 Å². The molecule has 0 atom stereocenters. The Kier molecular flexibility index (Phi) is 4.49. The summed E-state index contributed by atoms with van der Waals surface area (Å²) in [5.74, 6) is 1.71. The summed E-state index contributed by atoms with van der Waals surface area (Å²) in [4.78, 5) is 0. The van der Waals surface area contributed by atoms with Crippen LogP contribution in [-0.2, 0) is 0 Å². The molecule has 82 valence electrons. The molecule has 1 aromatic rings. The van der Waals surface area contributed by atoms with Gasteiger partial charge >= 0.3 is 0 Å². The van der Waals surface area contributed by atoms with Crippen LogP contribution in [0.1, 0.15) is 18.1 Å². The van der Waals surface area contributed by atoms with Crippen LogP contribution in [0.15, 0.2) is 23.4 Å². The van der Waals surface area contributed by atoms with Crippen molar-refractivity contribution in [3.8, 4) is 5.75 Å². The molecule has 0 fully saturated rings. The lowest BCUT2D eigenvalue weighted by Crippen LogP contribution is -2.05. The minimum absolute atomic E-state index is 0.158. The Morgan fingerprint density at radius 3 is 2.80 bits per heavy atom. The Labute approximate surface area is 93.8 Å². The minimum Gasteiger partial charge on any atom is -0.507 e. The van der Waals surface area contributed by atoms with Crippen LogP contribution < -0.4 is 0 Å². The number of hydrogen-bond donors (Lipinski definition) is 2. The number of aryl methyl sites for hydroxylation is 1. The molecule has 0 heterocycles. The first-order valence-corrected chi connectivity index (χ1v) is 5.93. The first kappa shape index (κ1) is 11.9. The molecule has 15 heavy (non-hydrogen) atoms. The van der Waals surface area contributed by atoms with Crippen LogP contribution in [0.25, 0.3) is 0 Å². The lowest BCUT2D eigenvalue weighted by molar-refractivity contribution is 0.319. The number of thioether (sulfide) groups is 1. The molecule has 0 bridgehead atoms. The zero-order valence-electron chi connectivity index (χ0n) is 8.90. The number of nitrogens with zero attached hydrogens (tertiary/aromatic N) is 1. The molecule has 0 radical (unpaired) electrons. The van der Waals surface area contributed by atoms with Crippen LogP contribution in [0.4, 0.5) is 0 Å². The van der Waals surface area contributed by atoms with Gasteiger partial charge in [0, 0.05) is 11.3 Å². The van der Waals surface area contributed by atoms with E-state index in [0.717, 1.165) is 11.3 Å². The van der Waals surface area contributed by atoms with E-state index in [1.807, 2.05) is 26.0 Å². The van der Waals surface area contributed by atoms with Crippen LogP contribution in [0, 0.1) is 6.92 Å². The maximum absolute atomic E-state index is 9.63. The lowest BCUT2D eigenvalue weighted by atomic mass is 10.1. The lowest BCUT2D eigenvalue weighted by Gasteiger charge is -2.07. The Morgan fingerprint density at radius 2 is 2.20 bits per heavy atom. The standard InChI is InChI=1S/C11H15NO2S/c1-3-15-7-10(12-14)9-6-8(2)4-5-11(9)13/h4-6,13-14H,3,7H2,1-2H3/b12-10+. The van der Waals surface area contributed by atoms with E-state index in [4.69, 9.17) is 5.21 Å². The normalized spacial score (nSPS) is 11.7. The second-order valence-electron chi connectivity index (χ2n) is 3.20. The van der Waals surface area contributed by atoms with Crippen LogP contribution in [0.2, 0.25) is 0 Å². The van der Waals surface area contributed by atoms with Crippen molar-refractivity contribution in [3.63, 3.8) is 0 Å². The predicted molar refractivity (Wildman–Crippen MR) is 64.2 cm³/mol. The van der Waals surface area contributed by atoms with Crippen molar-refractivity contribution in [3.05, 3.63) is 29.3 Å². The molecule has 1 rings (SSSR count). The van der Waals surface area contributed by atoms with Crippen molar-refractivity contribution in [1.29, 1.82) is 0 Å². The predicted octanol–water partition coefficient (Wildman–Crippen LogP) is 2.63. The quantitative estimate of drug-likeness (QED) is 0.470. The number of phenolic OH excluding ortho intramolecular Hbond substituents is 1. The van der Waals surface area contributed by atoms with Crippen molar-refractivity contribution in [2.75, 3.05) is 11.5 Å². The first-order chi connectivity index (χ1) is 7.19. The second kappa shape index (κ2) is 5.66. The highest BCUT2D eigenvalue weighted by molar-refractivity contribution is 7.99. The highest BCUT2D eigenvalue weighted by Gasteiger charge is 2.09. The number of phenols is 1. The highest BCUT2D eigenvalue weighted by atomic mass is 32.2. The smallest absolute Gasteiger partial charge is 0.124 e. The summed E-state index contributed by atoms with van der Waals surface area (Å²) < 4.78 is 0. The van der Waals surface area contributed by atoms with E-state index in [2.05, 4.69) is 5.16 Å². The number of hydrogen-bond acceptors (Lipinski definition) is 4. The molecule has 2 N–H and O–H groups in total. The van der Waals surface area contributed by atoms with Gasteiger partial charge in [-0.3, -0.25) is 0 Å². The van der Waals surface area contributed by atoms with E-state index < -0.39 is 0 Å². The van der Waals surface area contributed by atoms with Crippen molar-refractivity contribution < 1.29 is 10.3 Å². The van der Waals surface area contributed by atoms with Crippen molar-refractivity contribution in [2.24, 2.45) is 5.16 Å². The number of benzene rings is 1. The van der Waals surface area contributed by atoms with Gasteiger partial charge in [-0.2, -0.15) is 11.8 Å². The van der Waals surface area contributed by atoms with E-state index in [1.165, 1.54) is 0 Å². The Bertz CT molecular complexity index is 364. The average Bonchev–Trinajstić information content (AvgIpc) is 2.24. The van der Waals surface area contributed by atoms with Crippen LogP contribution in [0.5, 0.6) is 5.75 Å². The number of aromatic hydroxyl groups is 1. The van der Waals surface area contributed by atoms with Crippen LogP contribution in [-0.4, -0.2) is 27.5 Å². The third kappa shape index (κ3) is 3.16. The number of oxime groups is 1. The molecule has 0 aromatic heterocycles. The Hall–Kier alpha value is -1.16. The van der Waals surface area contributed by atoms with E-state index in [9.17, 15) is 5.11 Å². The molecule has 0 aliphatic rings. The molecule has 4 heteroatoms. The summed E-state index contributed by atoms with van der Waals surface area (Å²) in [6.45, 7) is 3.97. The minimum atomic E-state index is 0.158. The molecular formula is C11H15NO2S. The molecule has 0 aliphatic carbocycles. The average molecular weight is 225 g/mol. The first-order valence-electron chi connectivity index (χ1n) is 4.77. The van der Waals surface area contributed by atoms with Crippen LogP contribution >= 0.6 is 11.8 Å². The molecule has 0 amide bonds. The molecule has 0 saturated carbocycles. The van der Waals surface area contributed by atoms with E-state index in [-0.39, 0.29) is 5.75 Å². The SMILES string of the molecule is CCSC/C(=N\O)c1cc(C)ccc1O. The van der Waals surface area contributed by atoms with Gasteiger partial charge < -0.3 is 10.3 Å². The molecular weight excluding hydrogens is 210 g/mol. The third-order valence-electron chi connectivity index (χ3n) is 2.03. The Balaban J connectivity index is 2.96. The van der Waals surface area contributed by atoms with Gasteiger partial charge in [0.2, 0.25) is 0 Å². The summed E-state index contributed by atoms with van der Waals surface area (Å²) in [6.07, 6.45) is 0. The third-order valence-corrected chi connectivity index (χ3v) is 2.91. The molecule has 0 saturated heterocycles. The fourth-order valence-electron chi connectivity index (χ4n) is 1.24. The zero-order valence-corrected chi connectivity index (χ0v) is 9.71. The fraction of sp³-hybridized carbons (Fsp3) is 0.364. The molecule has 0 unspecified atom stereocenters. The molecule has 0 aliphatic heterocycles. The molecule has 1 aromatic carbocycles. The van der Waals surface area contributed by atoms with Gasteiger partial charge in [0.1, 0.15) is 11.5 Å². The summed E-state index contributed by atoms with van der Waals surface area (Å²) in [7, 11) is 0. The van der Waals surface area contributed by atoms with Gasteiger partial charge in [-0.25, -0.2) is 0 Å². The topological polar surface area (TPSA) is 52.8 Å². The van der Waals surface area contributed by atoms with Gasteiger partial charge in [-0.05, 0) is 24.8 Å². The van der Waals surface area contributed by atoms with Crippen molar-refractivity contribution in [1.82, 2.24) is 0 Å². The maximum atomic E-state index is 9.63. The summed E-state index contributed by atoms with van der Waals surface area (Å²) >= 11 is 1.65. The number of rotatable bonds is 4. The van der Waals surface area contributed by atoms with E-state index in [1.54, 1.807) is 17.8 Å². The summed E-state index contributed by atoms with van der Waals surface area (Å²) in [5.41, 5.74) is 2.16. The van der Waals surface area contributed by atoms with Crippen molar-refractivity contribution in [2.45, 2.75) is 13.8 Å². The monoisotopic (exact) mass is 225 g/mol. The van der Waals surface area contributed by atoms with Gasteiger partial charge in [0.25, 0.3) is 0 Å². The molecule has 0 spiro atoms. The maximum Gasteiger partial charge on any atom is 0.124 e. The molecule has 3 nitrogen and oxygen atoms in total. The Morgan fingerprint density at radius 1 is 1.47 bits per heavy atom. The van der Waals surface area contributed by atoms with Gasteiger partial charge in [0.15, 0.2) is 0 Å². The fourth-order valence-corrected chi connectivity index (χ4v) is 1.85. The summed E-state index contributed by atoms with van der Waals surface area (Å²) in [5, 5.41) is 21.8. The van der Waals surface area contributed by atoms with Gasteiger partial charge in [-0.1, -0.05) is 23.7 Å². The van der Waals surface area contributed by atoms with Crippen molar-refractivity contribution >= 4 is 17.5 Å².